The summed E-state index contributed by atoms with van der Waals surface area (Å²) in [6.07, 6.45) is 0.464. The number of amides is 1. The number of thiophene rings is 1. The molecule has 0 saturated carbocycles. The highest BCUT2D eigenvalue weighted by atomic mass is 32.2. The third kappa shape index (κ3) is 3.93. The molecule has 0 fully saturated rings. The van der Waals surface area contributed by atoms with Gasteiger partial charge in [-0.05, 0) is 23.6 Å². The van der Waals surface area contributed by atoms with Gasteiger partial charge in [0, 0.05) is 29.3 Å². The summed E-state index contributed by atoms with van der Waals surface area (Å²) in [5, 5.41) is 6.85. The molecule has 0 atom stereocenters. The molecule has 30 heavy (non-hydrogen) atoms. The zero-order valence-electron chi connectivity index (χ0n) is 16.2. The van der Waals surface area contributed by atoms with Crippen LogP contribution in [-0.2, 0) is 23.0 Å². The van der Waals surface area contributed by atoms with Crippen LogP contribution in [0.2, 0.25) is 0 Å². The van der Waals surface area contributed by atoms with E-state index < -0.39 is 10.0 Å². The first kappa shape index (κ1) is 20.8. The normalized spacial score (nSPS) is 14.2. The number of methoxy groups -OCH3 is 2. The molecule has 0 spiro atoms. The molecule has 1 aromatic carbocycles. The first-order chi connectivity index (χ1) is 14.4. The van der Waals surface area contributed by atoms with Crippen LogP contribution in [-0.4, -0.2) is 44.4 Å². The molecule has 3 aromatic rings. The number of thiazole rings is 1. The quantitative estimate of drug-likeness (QED) is 0.600. The second-order valence-electron chi connectivity index (χ2n) is 6.46. The minimum absolute atomic E-state index is 0.0586. The van der Waals surface area contributed by atoms with Gasteiger partial charge in [0.15, 0.2) is 5.13 Å². The van der Waals surface area contributed by atoms with E-state index in [1.54, 1.807) is 23.6 Å². The van der Waals surface area contributed by atoms with Crippen molar-refractivity contribution in [3.05, 3.63) is 51.2 Å². The number of hydrogen-bond donors (Lipinski definition) is 1. The molecule has 1 aliphatic rings. The van der Waals surface area contributed by atoms with Crippen molar-refractivity contribution < 1.29 is 22.7 Å². The lowest BCUT2D eigenvalue weighted by atomic mass is 10.2. The molecule has 158 valence electrons. The van der Waals surface area contributed by atoms with Crippen LogP contribution in [0.5, 0.6) is 11.5 Å². The minimum atomic E-state index is -3.81. The SMILES string of the molecule is COc1ccc(OC)c(S(=O)(=O)N2CCc3nc(NC(=O)c4ccsc4)sc3C2)c1. The Balaban J connectivity index is 1.57. The number of hydrogen-bond acceptors (Lipinski definition) is 8. The predicted octanol–water partition coefficient (Wildman–Crippen LogP) is 3.22. The van der Waals surface area contributed by atoms with E-state index in [-0.39, 0.29) is 29.6 Å². The van der Waals surface area contributed by atoms with Crippen LogP contribution in [0.3, 0.4) is 0 Å². The zero-order valence-corrected chi connectivity index (χ0v) is 18.7. The number of aromatic nitrogens is 1. The molecular weight excluding hydrogens is 446 g/mol. The maximum absolute atomic E-state index is 13.3. The maximum atomic E-state index is 13.3. The Kier molecular flexibility index (Phi) is 5.78. The molecule has 0 radical (unpaired) electrons. The summed E-state index contributed by atoms with van der Waals surface area (Å²) in [5.41, 5.74) is 1.38. The van der Waals surface area contributed by atoms with E-state index in [0.717, 1.165) is 10.6 Å². The summed E-state index contributed by atoms with van der Waals surface area (Å²) in [6, 6.07) is 6.43. The van der Waals surface area contributed by atoms with Gasteiger partial charge in [0.2, 0.25) is 10.0 Å². The number of fused-ring (bicyclic) bond motifs is 1. The van der Waals surface area contributed by atoms with Gasteiger partial charge >= 0.3 is 0 Å². The average molecular weight is 466 g/mol. The topological polar surface area (TPSA) is 97.8 Å². The molecule has 0 aliphatic carbocycles. The van der Waals surface area contributed by atoms with Crippen molar-refractivity contribution in [3.8, 4) is 11.5 Å². The van der Waals surface area contributed by atoms with Gasteiger partial charge < -0.3 is 9.47 Å². The van der Waals surface area contributed by atoms with Crippen molar-refractivity contribution in [2.24, 2.45) is 0 Å². The smallest absolute Gasteiger partial charge is 0.258 e. The molecule has 0 unspecified atom stereocenters. The highest BCUT2D eigenvalue weighted by Crippen LogP contribution is 2.35. The number of benzene rings is 1. The maximum Gasteiger partial charge on any atom is 0.258 e. The van der Waals surface area contributed by atoms with Gasteiger partial charge in [-0.2, -0.15) is 15.6 Å². The second kappa shape index (κ2) is 8.34. The van der Waals surface area contributed by atoms with Crippen LogP contribution in [0, 0.1) is 0 Å². The van der Waals surface area contributed by atoms with Gasteiger partial charge in [0.05, 0.1) is 32.0 Å². The fraction of sp³-hybridized carbons (Fsp3) is 0.263. The lowest BCUT2D eigenvalue weighted by molar-refractivity contribution is 0.102. The molecule has 1 amide bonds. The van der Waals surface area contributed by atoms with Crippen molar-refractivity contribution >= 4 is 43.7 Å². The van der Waals surface area contributed by atoms with Crippen molar-refractivity contribution in [2.45, 2.75) is 17.9 Å². The lowest BCUT2D eigenvalue weighted by Gasteiger charge is -2.26. The van der Waals surface area contributed by atoms with E-state index >= 15 is 0 Å². The molecule has 8 nitrogen and oxygen atoms in total. The summed E-state index contributed by atoms with van der Waals surface area (Å²) in [6.45, 7) is 0.474. The molecular formula is C19H19N3O5S3. The van der Waals surface area contributed by atoms with Crippen molar-refractivity contribution in [1.82, 2.24) is 9.29 Å². The number of ether oxygens (including phenoxy) is 2. The fourth-order valence-corrected chi connectivity index (χ4v) is 6.43. The number of nitrogens with one attached hydrogen (secondary N) is 1. The number of sulfonamides is 1. The number of carbonyl (C=O) groups excluding carboxylic acids is 1. The zero-order chi connectivity index (χ0) is 21.3. The van der Waals surface area contributed by atoms with Crippen LogP contribution in [0.1, 0.15) is 20.9 Å². The van der Waals surface area contributed by atoms with E-state index in [2.05, 4.69) is 10.3 Å². The summed E-state index contributed by atoms with van der Waals surface area (Å²) < 4.78 is 38.4. The van der Waals surface area contributed by atoms with Gasteiger partial charge in [0.1, 0.15) is 16.4 Å². The number of carbonyl (C=O) groups is 1. The van der Waals surface area contributed by atoms with Gasteiger partial charge in [-0.15, -0.1) is 11.3 Å². The molecule has 4 rings (SSSR count). The van der Waals surface area contributed by atoms with E-state index in [1.807, 2.05) is 5.38 Å². The Morgan fingerprint density at radius 2 is 2.07 bits per heavy atom. The summed E-state index contributed by atoms with van der Waals surface area (Å²) >= 11 is 2.73. The molecule has 1 aliphatic heterocycles. The first-order valence-electron chi connectivity index (χ1n) is 8.96. The first-order valence-corrected chi connectivity index (χ1v) is 12.2. The van der Waals surface area contributed by atoms with Gasteiger partial charge in [-0.1, -0.05) is 0 Å². The van der Waals surface area contributed by atoms with Crippen molar-refractivity contribution in [3.63, 3.8) is 0 Å². The highest BCUT2D eigenvalue weighted by molar-refractivity contribution is 7.89. The van der Waals surface area contributed by atoms with Crippen LogP contribution in [0.25, 0.3) is 0 Å². The molecule has 11 heteroatoms. The molecule has 0 saturated heterocycles. The summed E-state index contributed by atoms with van der Waals surface area (Å²) in [5.74, 6) is 0.464. The Bertz CT molecular complexity index is 1170. The van der Waals surface area contributed by atoms with Crippen molar-refractivity contribution in [1.29, 1.82) is 0 Å². The Morgan fingerprint density at radius 1 is 1.23 bits per heavy atom. The van der Waals surface area contributed by atoms with E-state index in [1.165, 1.54) is 47.3 Å². The second-order valence-corrected chi connectivity index (χ2v) is 10.2. The number of rotatable bonds is 6. The molecule has 0 bridgehead atoms. The summed E-state index contributed by atoms with van der Waals surface area (Å²) in [7, 11) is -0.896. The number of anilines is 1. The van der Waals surface area contributed by atoms with Gasteiger partial charge in [-0.3, -0.25) is 10.1 Å². The Morgan fingerprint density at radius 3 is 2.77 bits per heavy atom. The minimum Gasteiger partial charge on any atom is -0.497 e. The third-order valence-electron chi connectivity index (χ3n) is 4.69. The lowest BCUT2D eigenvalue weighted by Crippen LogP contribution is -2.35. The monoisotopic (exact) mass is 465 g/mol. The molecule has 1 N–H and O–H groups in total. The van der Waals surface area contributed by atoms with E-state index in [9.17, 15) is 13.2 Å². The Labute approximate surface area is 182 Å². The van der Waals surface area contributed by atoms with Crippen molar-refractivity contribution in [2.75, 3.05) is 26.1 Å². The highest BCUT2D eigenvalue weighted by Gasteiger charge is 2.33. The van der Waals surface area contributed by atoms with E-state index in [4.69, 9.17) is 9.47 Å². The predicted molar refractivity (Wildman–Crippen MR) is 115 cm³/mol. The number of nitrogens with zero attached hydrogens (tertiary/aromatic N) is 2. The third-order valence-corrected chi connectivity index (χ3v) is 8.24. The largest absolute Gasteiger partial charge is 0.497 e. The average Bonchev–Trinajstić information content (AvgIpc) is 3.42. The van der Waals surface area contributed by atoms with Crippen LogP contribution < -0.4 is 14.8 Å². The summed E-state index contributed by atoms with van der Waals surface area (Å²) in [4.78, 5) is 17.6. The van der Waals surface area contributed by atoms with Crippen LogP contribution >= 0.6 is 22.7 Å². The van der Waals surface area contributed by atoms with Gasteiger partial charge in [0.25, 0.3) is 5.91 Å². The Hall–Kier alpha value is -2.47. The fourth-order valence-electron chi connectivity index (χ4n) is 3.12. The van der Waals surface area contributed by atoms with Crippen LogP contribution in [0.15, 0.2) is 39.9 Å². The van der Waals surface area contributed by atoms with Gasteiger partial charge in [-0.25, -0.2) is 13.4 Å². The molecule has 3 heterocycles. The van der Waals surface area contributed by atoms with Crippen LogP contribution in [0.4, 0.5) is 5.13 Å². The van der Waals surface area contributed by atoms with E-state index in [0.29, 0.717) is 22.9 Å². The molecule has 2 aromatic heterocycles. The standard InChI is InChI=1S/C19H19N3O5S3/c1-26-13-3-4-15(27-2)17(9-13)30(24,25)22-7-5-14-16(10-22)29-19(20-14)21-18(23)12-6-8-28-11-12/h3-4,6,8-9,11H,5,7,10H2,1-2H3,(H,20,21,23).